The highest BCUT2D eigenvalue weighted by Crippen LogP contribution is 2.28. The SMILES string of the molecule is COc1ccc(CCN(Cc2ccc(C)o2)C(=O)CN(CCN2CCOCC2)C(=O)Nc2cccc(Cl)c2)cc1OC. The molecule has 1 N–H and O–H groups in total. The molecule has 2 heterocycles. The molecule has 0 bridgehead atoms. The van der Waals surface area contributed by atoms with Crippen molar-refractivity contribution < 1.29 is 28.2 Å². The summed E-state index contributed by atoms with van der Waals surface area (Å²) < 4.78 is 22.1. The number of anilines is 1. The number of aryl methyl sites for hydroxylation is 1. The minimum Gasteiger partial charge on any atom is -0.493 e. The second kappa shape index (κ2) is 15.5. The lowest BCUT2D eigenvalue weighted by atomic mass is 10.1. The van der Waals surface area contributed by atoms with Crippen molar-refractivity contribution in [3.05, 3.63) is 76.7 Å². The molecule has 0 radical (unpaired) electrons. The van der Waals surface area contributed by atoms with Gasteiger partial charge in [-0.25, -0.2) is 4.79 Å². The summed E-state index contributed by atoms with van der Waals surface area (Å²) in [6.07, 6.45) is 0.578. The van der Waals surface area contributed by atoms with Crippen molar-refractivity contribution in [2.24, 2.45) is 0 Å². The van der Waals surface area contributed by atoms with Crippen molar-refractivity contribution in [1.29, 1.82) is 0 Å². The molecule has 4 rings (SSSR count). The van der Waals surface area contributed by atoms with E-state index in [9.17, 15) is 9.59 Å². The molecule has 1 fully saturated rings. The fourth-order valence-corrected chi connectivity index (χ4v) is 4.91. The molecule has 3 amide bonds. The van der Waals surface area contributed by atoms with E-state index in [2.05, 4.69) is 10.2 Å². The highest BCUT2D eigenvalue weighted by atomic mass is 35.5. The molecule has 1 saturated heterocycles. The van der Waals surface area contributed by atoms with Crippen molar-refractivity contribution in [2.75, 3.05) is 72.0 Å². The van der Waals surface area contributed by atoms with Crippen molar-refractivity contribution in [3.63, 3.8) is 0 Å². The van der Waals surface area contributed by atoms with Gasteiger partial charge in [0.05, 0.1) is 34.0 Å². The van der Waals surface area contributed by atoms with Crippen LogP contribution in [0, 0.1) is 6.92 Å². The second-order valence-corrected chi connectivity index (χ2v) is 10.5. The van der Waals surface area contributed by atoms with Crippen LogP contribution in [0.5, 0.6) is 11.5 Å². The predicted octanol–water partition coefficient (Wildman–Crippen LogP) is 4.70. The van der Waals surface area contributed by atoms with Crippen LogP contribution in [-0.4, -0.2) is 93.3 Å². The summed E-state index contributed by atoms with van der Waals surface area (Å²) in [5.41, 5.74) is 1.55. The lowest BCUT2D eigenvalue weighted by molar-refractivity contribution is -0.132. The number of hydrogen-bond donors (Lipinski definition) is 1. The first-order valence-electron chi connectivity index (χ1n) is 14.0. The molecule has 0 spiro atoms. The number of methoxy groups -OCH3 is 2. The van der Waals surface area contributed by atoms with Gasteiger partial charge in [0.1, 0.15) is 18.1 Å². The molecule has 0 atom stereocenters. The van der Waals surface area contributed by atoms with Crippen LogP contribution in [0.2, 0.25) is 5.02 Å². The van der Waals surface area contributed by atoms with Crippen LogP contribution >= 0.6 is 11.6 Å². The van der Waals surface area contributed by atoms with Gasteiger partial charge in [0.25, 0.3) is 0 Å². The lowest BCUT2D eigenvalue weighted by Crippen LogP contribution is -2.48. The number of amides is 3. The number of carbonyl (C=O) groups is 2. The van der Waals surface area contributed by atoms with Crippen LogP contribution in [0.25, 0.3) is 0 Å². The first kappa shape index (κ1) is 31.2. The summed E-state index contributed by atoms with van der Waals surface area (Å²) in [5, 5.41) is 3.41. The molecule has 42 heavy (non-hydrogen) atoms. The maximum Gasteiger partial charge on any atom is 0.322 e. The molecule has 0 unspecified atom stereocenters. The van der Waals surface area contributed by atoms with Gasteiger partial charge in [-0.15, -0.1) is 0 Å². The van der Waals surface area contributed by atoms with Crippen molar-refractivity contribution in [1.82, 2.24) is 14.7 Å². The van der Waals surface area contributed by atoms with E-state index >= 15 is 0 Å². The third kappa shape index (κ3) is 9.14. The summed E-state index contributed by atoms with van der Waals surface area (Å²) >= 11 is 6.13. The zero-order valence-corrected chi connectivity index (χ0v) is 25.2. The molecule has 2 aromatic carbocycles. The fraction of sp³-hybridized carbons (Fsp3) is 0.419. The second-order valence-electron chi connectivity index (χ2n) is 10.1. The number of morpholine rings is 1. The van der Waals surface area contributed by atoms with Crippen molar-refractivity contribution >= 4 is 29.2 Å². The minimum absolute atomic E-state index is 0.0949. The van der Waals surface area contributed by atoms with Crippen molar-refractivity contribution in [3.8, 4) is 11.5 Å². The molecule has 1 aliphatic rings. The van der Waals surface area contributed by atoms with Gasteiger partial charge in [0.15, 0.2) is 11.5 Å². The number of halogens is 1. The molecule has 0 aliphatic carbocycles. The van der Waals surface area contributed by atoms with Gasteiger partial charge in [-0.1, -0.05) is 23.7 Å². The Bertz CT molecular complexity index is 1330. The van der Waals surface area contributed by atoms with E-state index in [4.69, 9.17) is 30.2 Å². The van der Waals surface area contributed by atoms with Crippen LogP contribution in [0.4, 0.5) is 10.5 Å². The number of hydrogen-bond acceptors (Lipinski definition) is 7. The van der Waals surface area contributed by atoms with Gasteiger partial charge in [-0.3, -0.25) is 9.69 Å². The summed E-state index contributed by atoms with van der Waals surface area (Å²) in [7, 11) is 3.19. The third-order valence-electron chi connectivity index (χ3n) is 7.09. The average molecular weight is 599 g/mol. The standard InChI is InChI=1S/C31H39ClN4O6/c1-23-7-9-27(42-23)21-35(12-11-24-8-10-28(39-2)29(19-24)40-3)30(37)22-36(14-13-34-15-17-41-18-16-34)31(38)33-26-6-4-5-25(32)20-26/h4-10,19-20H,11-18,21-22H2,1-3H3,(H,33,38). The number of urea groups is 1. The Morgan fingerprint density at radius 2 is 1.76 bits per heavy atom. The number of nitrogens with one attached hydrogen (secondary N) is 1. The first-order valence-corrected chi connectivity index (χ1v) is 14.4. The van der Waals surface area contributed by atoms with Crippen LogP contribution in [-0.2, 0) is 22.5 Å². The quantitative estimate of drug-likeness (QED) is 0.305. The summed E-state index contributed by atoms with van der Waals surface area (Å²) in [6.45, 7) is 6.36. The maximum atomic E-state index is 13.8. The highest BCUT2D eigenvalue weighted by Gasteiger charge is 2.24. The Labute approximate surface area is 252 Å². The van der Waals surface area contributed by atoms with Gasteiger partial charge in [-0.05, 0) is 61.4 Å². The van der Waals surface area contributed by atoms with Crippen LogP contribution in [0.3, 0.4) is 0 Å². The minimum atomic E-state index is -0.368. The number of ether oxygens (including phenoxy) is 3. The zero-order chi connectivity index (χ0) is 29.9. The summed E-state index contributed by atoms with van der Waals surface area (Å²) in [4.78, 5) is 32.8. The Kier molecular flexibility index (Phi) is 11.5. The number of carbonyl (C=O) groups excluding carboxylic acids is 2. The van der Waals surface area contributed by atoms with E-state index in [-0.39, 0.29) is 25.0 Å². The van der Waals surface area contributed by atoms with Crippen molar-refractivity contribution in [2.45, 2.75) is 19.9 Å². The van der Waals surface area contributed by atoms with Gasteiger partial charge in [0, 0.05) is 43.4 Å². The van der Waals surface area contributed by atoms with Crippen LogP contribution < -0.4 is 14.8 Å². The number of nitrogens with zero attached hydrogens (tertiary/aromatic N) is 3. The maximum absolute atomic E-state index is 13.8. The molecule has 1 aliphatic heterocycles. The number of benzene rings is 2. The number of rotatable bonds is 13. The lowest BCUT2D eigenvalue weighted by Gasteiger charge is -2.31. The molecular weight excluding hydrogens is 560 g/mol. The van der Waals surface area contributed by atoms with E-state index in [0.29, 0.717) is 67.2 Å². The normalized spacial score (nSPS) is 13.4. The Balaban J connectivity index is 1.50. The Morgan fingerprint density at radius 1 is 0.976 bits per heavy atom. The van der Waals surface area contributed by atoms with E-state index in [1.807, 2.05) is 37.3 Å². The fourth-order valence-electron chi connectivity index (χ4n) is 4.72. The van der Waals surface area contributed by atoms with Gasteiger partial charge in [0.2, 0.25) is 5.91 Å². The van der Waals surface area contributed by atoms with Gasteiger partial charge >= 0.3 is 6.03 Å². The van der Waals surface area contributed by atoms with Gasteiger partial charge < -0.3 is 33.7 Å². The highest BCUT2D eigenvalue weighted by molar-refractivity contribution is 6.30. The zero-order valence-electron chi connectivity index (χ0n) is 24.4. The van der Waals surface area contributed by atoms with E-state index < -0.39 is 0 Å². The molecule has 226 valence electrons. The monoisotopic (exact) mass is 598 g/mol. The number of furan rings is 1. The predicted molar refractivity (Wildman–Crippen MR) is 161 cm³/mol. The molecule has 11 heteroatoms. The molecule has 1 aromatic heterocycles. The molecule has 3 aromatic rings. The summed E-state index contributed by atoms with van der Waals surface area (Å²) in [6, 6.07) is 16.0. The van der Waals surface area contributed by atoms with E-state index in [1.165, 1.54) is 0 Å². The summed E-state index contributed by atoms with van der Waals surface area (Å²) in [5.74, 6) is 2.53. The Hall–Kier alpha value is -3.73. The third-order valence-corrected chi connectivity index (χ3v) is 7.33. The average Bonchev–Trinajstić information content (AvgIpc) is 3.41. The molecular formula is C31H39ClN4O6. The molecule has 10 nitrogen and oxygen atoms in total. The van der Waals surface area contributed by atoms with Crippen LogP contribution in [0.1, 0.15) is 17.1 Å². The van der Waals surface area contributed by atoms with E-state index in [0.717, 1.165) is 24.4 Å². The van der Waals surface area contributed by atoms with E-state index in [1.54, 1.807) is 48.3 Å². The smallest absolute Gasteiger partial charge is 0.322 e. The van der Waals surface area contributed by atoms with Crippen LogP contribution in [0.15, 0.2) is 59.0 Å². The largest absolute Gasteiger partial charge is 0.493 e. The molecule has 0 saturated carbocycles. The van der Waals surface area contributed by atoms with Gasteiger partial charge in [-0.2, -0.15) is 0 Å². The first-order chi connectivity index (χ1) is 20.3. The topological polar surface area (TPSA) is 96.7 Å². The Morgan fingerprint density at radius 3 is 2.45 bits per heavy atom.